The molecule has 0 saturated carbocycles. The van der Waals surface area contributed by atoms with Crippen molar-refractivity contribution in [2.24, 2.45) is 0 Å². The average molecular weight is 245 g/mol. The Bertz CT molecular complexity index is 297. The van der Waals surface area contributed by atoms with Gasteiger partial charge in [-0.3, -0.25) is 9.59 Å². The Labute approximate surface area is 100 Å². The Kier molecular flexibility index (Phi) is 4.47. The maximum Gasteiger partial charge on any atom is 0.308 e. The number of nitrogens with zero attached hydrogens (tertiary/aromatic N) is 1. The summed E-state index contributed by atoms with van der Waals surface area (Å²) >= 11 is 0. The van der Waals surface area contributed by atoms with E-state index in [1.165, 1.54) is 25.9 Å². The molecule has 1 saturated heterocycles. The van der Waals surface area contributed by atoms with Crippen LogP contribution in [-0.2, 0) is 19.1 Å². The molecule has 1 N–H and O–H groups in total. The molecular weight excluding hydrogens is 226 g/mol. The van der Waals surface area contributed by atoms with E-state index in [9.17, 15) is 14.7 Å². The largest absolute Gasteiger partial charge is 0.469 e. The highest BCUT2D eigenvalue weighted by atomic mass is 16.5. The van der Waals surface area contributed by atoms with Crippen LogP contribution in [0.3, 0.4) is 0 Å². The molecule has 1 unspecified atom stereocenters. The molecule has 0 spiro atoms. The van der Waals surface area contributed by atoms with Gasteiger partial charge in [-0.05, 0) is 13.8 Å². The first-order chi connectivity index (χ1) is 7.84. The number of carbonyl (C=O) groups is 2. The third-order valence-corrected chi connectivity index (χ3v) is 2.57. The molecule has 1 rings (SSSR count). The zero-order chi connectivity index (χ0) is 13.1. The van der Waals surface area contributed by atoms with Gasteiger partial charge in [0.2, 0.25) is 0 Å². The average Bonchev–Trinajstić information content (AvgIpc) is 2.27. The van der Waals surface area contributed by atoms with Crippen molar-refractivity contribution in [2.45, 2.75) is 32.0 Å². The van der Waals surface area contributed by atoms with Crippen molar-refractivity contribution < 1.29 is 24.2 Å². The van der Waals surface area contributed by atoms with Crippen LogP contribution in [0.4, 0.5) is 0 Å². The Morgan fingerprint density at radius 3 is 2.71 bits per heavy atom. The zero-order valence-electron chi connectivity index (χ0n) is 10.4. The maximum atomic E-state index is 11.8. The topological polar surface area (TPSA) is 76.1 Å². The summed E-state index contributed by atoms with van der Waals surface area (Å²) in [7, 11) is 1.31. The van der Waals surface area contributed by atoms with Gasteiger partial charge in [0.05, 0.1) is 26.2 Å². The lowest BCUT2D eigenvalue weighted by Crippen LogP contribution is -2.52. The summed E-state index contributed by atoms with van der Waals surface area (Å²) < 4.78 is 9.91. The van der Waals surface area contributed by atoms with E-state index < -0.39 is 5.60 Å². The van der Waals surface area contributed by atoms with E-state index in [-0.39, 0.29) is 24.4 Å². The molecule has 0 aromatic rings. The van der Waals surface area contributed by atoms with Gasteiger partial charge >= 0.3 is 5.97 Å². The number of rotatable bonds is 3. The first-order valence-corrected chi connectivity index (χ1v) is 5.54. The van der Waals surface area contributed by atoms with Crippen molar-refractivity contribution in [2.75, 3.05) is 26.8 Å². The summed E-state index contributed by atoms with van der Waals surface area (Å²) in [4.78, 5) is 24.4. The molecule has 6 nitrogen and oxygen atoms in total. The number of methoxy groups -OCH3 is 1. The number of hydrogen-bond acceptors (Lipinski definition) is 5. The van der Waals surface area contributed by atoms with Crippen molar-refractivity contribution in [3.63, 3.8) is 0 Å². The third kappa shape index (κ3) is 3.98. The predicted octanol–water partition coefficient (Wildman–Crippen LogP) is -0.452. The second kappa shape index (κ2) is 5.46. The van der Waals surface area contributed by atoms with Crippen LogP contribution in [0.15, 0.2) is 0 Å². The molecule has 1 heterocycles. The Balaban J connectivity index is 2.55. The van der Waals surface area contributed by atoms with Crippen LogP contribution >= 0.6 is 0 Å². The summed E-state index contributed by atoms with van der Waals surface area (Å²) in [6.45, 7) is 3.99. The van der Waals surface area contributed by atoms with E-state index in [2.05, 4.69) is 4.74 Å². The summed E-state index contributed by atoms with van der Waals surface area (Å²) in [5.41, 5.74) is -1.40. The summed E-state index contributed by atoms with van der Waals surface area (Å²) in [6.07, 6.45) is -0.242. The number of hydrogen-bond donors (Lipinski definition) is 1. The van der Waals surface area contributed by atoms with Gasteiger partial charge in [0.15, 0.2) is 0 Å². The fraction of sp³-hybridized carbons (Fsp3) is 0.818. The first-order valence-electron chi connectivity index (χ1n) is 5.54. The molecule has 6 heteroatoms. The number of amides is 1. The van der Waals surface area contributed by atoms with Crippen LogP contribution in [0.2, 0.25) is 0 Å². The number of esters is 1. The molecule has 98 valence electrons. The number of ether oxygens (including phenoxy) is 2. The second-order valence-corrected chi connectivity index (χ2v) is 4.58. The lowest BCUT2D eigenvalue weighted by Gasteiger charge is -2.35. The molecule has 0 aliphatic carbocycles. The minimum Gasteiger partial charge on any atom is -0.469 e. The molecule has 0 radical (unpaired) electrons. The molecule has 0 aromatic carbocycles. The zero-order valence-corrected chi connectivity index (χ0v) is 10.4. The van der Waals surface area contributed by atoms with Crippen LogP contribution in [0.25, 0.3) is 0 Å². The van der Waals surface area contributed by atoms with Crippen molar-refractivity contribution in [1.29, 1.82) is 0 Å². The molecule has 1 atom stereocenters. The highest BCUT2D eigenvalue weighted by molar-refractivity contribution is 5.84. The smallest absolute Gasteiger partial charge is 0.308 e. The SMILES string of the molecule is COC(=O)CC1CN(C(=O)C(C)(C)O)CCO1. The van der Waals surface area contributed by atoms with Gasteiger partial charge in [0.25, 0.3) is 5.91 Å². The minimum atomic E-state index is -1.40. The van der Waals surface area contributed by atoms with Gasteiger partial charge < -0.3 is 19.5 Å². The molecule has 1 aliphatic rings. The number of morpholine rings is 1. The van der Waals surface area contributed by atoms with Crippen molar-refractivity contribution in [3.8, 4) is 0 Å². The van der Waals surface area contributed by atoms with Gasteiger partial charge in [-0.25, -0.2) is 0 Å². The standard InChI is InChI=1S/C11H19NO5/c1-11(2,15)10(14)12-4-5-17-8(7-12)6-9(13)16-3/h8,15H,4-7H2,1-3H3. The van der Waals surface area contributed by atoms with Crippen LogP contribution < -0.4 is 0 Å². The normalized spacial score (nSPS) is 21.2. The maximum absolute atomic E-state index is 11.8. The molecule has 1 amide bonds. The Hall–Kier alpha value is -1.14. The monoisotopic (exact) mass is 245 g/mol. The molecule has 1 aliphatic heterocycles. The van der Waals surface area contributed by atoms with Crippen LogP contribution in [0.5, 0.6) is 0 Å². The highest BCUT2D eigenvalue weighted by Crippen LogP contribution is 2.14. The van der Waals surface area contributed by atoms with Crippen LogP contribution in [0.1, 0.15) is 20.3 Å². The van der Waals surface area contributed by atoms with E-state index in [0.717, 1.165) is 0 Å². The summed E-state index contributed by atoms with van der Waals surface area (Å²) in [5.74, 6) is -0.719. The lowest BCUT2D eigenvalue weighted by atomic mass is 10.1. The second-order valence-electron chi connectivity index (χ2n) is 4.58. The predicted molar refractivity (Wildman–Crippen MR) is 59.3 cm³/mol. The number of carbonyl (C=O) groups excluding carboxylic acids is 2. The van der Waals surface area contributed by atoms with E-state index in [0.29, 0.717) is 19.7 Å². The van der Waals surface area contributed by atoms with Gasteiger partial charge in [-0.15, -0.1) is 0 Å². The Morgan fingerprint density at radius 1 is 1.53 bits per heavy atom. The minimum absolute atomic E-state index is 0.117. The van der Waals surface area contributed by atoms with Crippen LogP contribution in [-0.4, -0.2) is 60.4 Å². The van der Waals surface area contributed by atoms with E-state index in [4.69, 9.17) is 4.74 Å². The number of aliphatic hydroxyl groups is 1. The highest BCUT2D eigenvalue weighted by Gasteiger charge is 2.33. The molecule has 0 bridgehead atoms. The summed E-state index contributed by atoms with van der Waals surface area (Å²) in [6, 6.07) is 0. The third-order valence-electron chi connectivity index (χ3n) is 2.57. The van der Waals surface area contributed by atoms with E-state index >= 15 is 0 Å². The molecular formula is C11H19NO5. The van der Waals surface area contributed by atoms with Gasteiger partial charge in [-0.2, -0.15) is 0 Å². The Morgan fingerprint density at radius 2 is 2.18 bits per heavy atom. The van der Waals surface area contributed by atoms with Gasteiger partial charge in [0, 0.05) is 13.1 Å². The summed E-state index contributed by atoms with van der Waals surface area (Å²) in [5, 5.41) is 9.63. The van der Waals surface area contributed by atoms with Crippen molar-refractivity contribution in [1.82, 2.24) is 4.90 Å². The molecule has 0 aromatic heterocycles. The van der Waals surface area contributed by atoms with E-state index in [1.807, 2.05) is 0 Å². The van der Waals surface area contributed by atoms with Crippen molar-refractivity contribution in [3.05, 3.63) is 0 Å². The van der Waals surface area contributed by atoms with E-state index in [1.54, 1.807) is 0 Å². The molecule has 17 heavy (non-hydrogen) atoms. The fourth-order valence-electron chi connectivity index (χ4n) is 1.68. The first kappa shape index (κ1) is 13.9. The molecule has 1 fully saturated rings. The lowest BCUT2D eigenvalue weighted by molar-refractivity contribution is -0.158. The van der Waals surface area contributed by atoms with Crippen molar-refractivity contribution >= 4 is 11.9 Å². The van der Waals surface area contributed by atoms with Gasteiger partial charge in [-0.1, -0.05) is 0 Å². The van der Waals surface area contributed by atoms with Gasteiger partial charge in [0.1, 0.15) is 5.60 Å². The van der Waals surface area contributed by atoms with Crippen LogP contribution in [0, 0.1) is 0 Å². The quantitative estimate of drug-likeness (QED) is 0.681. The fourth-order valence-corrected chi connectivity index (χ4v) is 1.68.